The summed E-state index contributed by atoms with van der Waals surface area (Å²) in [4.78, 5) is 18.9. The van der Waals surface area contributed by atoms with Crippen molar-refractivity contribution >= 4 is 17.6 Å². The van der Waals surface area contributed by atoms with E-state index < -0.39 is 29.1 Å². The van der Waals surface area contributed by atoms with E-state index in [-0.39, 0.29) is 34.7 Å². The number of hydrogen-bond acceptors (Lipinski definition) is 5. The first kappa shape index (κ1) is 27.2. The van der Waals surface area contributed by atoms with Crippen LogP contribution in [-0.4, -0.2) is 39.6 Å². The van der Waals surface area contributed by atoms with Gasteiger partial charge in [0.2, 0.25) is 5.88 Å². The molecule has 0 amide bonds. The number of aromatic nitrogens is 1. The second kappa shape index (κ2) is 9.97. The Morgan fingerprint density at radius 3 is 2.29 bits per heavy atom. The van der Waals surface area contributed by atoms with Crippen molar-refractivity contribution in [1.29, 1.82) is 0 Å². The molecule has 2 unspecified atom stereocenters. The number of rotatable bonds is 6. The standard InChI is InChI=1S/C28H31ClF4N2O3/c1-27(2,3)38-26(36)22-9-16(15-4-5-15)8-17(24(22)30)14-35-19-6-7-20(35)12-21(11-19)37-25-23(29)10-18(13-34-25)28(31,32)33/h8-10,13,15,19-21H,4-7,11-12,14H2,1-3H3. The minimum atomic E-state index is -4.53. The lowest BCUT2D eigenvalue weighted by Gasteiger charge is -2.39. The summed E-state index contributed by atoms with van der Waals surface area (Å²) < 4.78 is 65.9. The fourth-order valence-corrected chi connectivity index (χ4v) is 5.77. The normalized spacial score (nSPS) is 23.9. The molecule has 5 rings (SSSR count). The highest BCUT2D eigenvalue weighted by molar-refractivity contribution is 6.31. The molecular weight excluding hydrogens is 524 g/mol. The van der Waals surface area contributed by atoms with Gasteiger partial charge in [-0.1, -0.05) is 17.7 Å². The third-order valence-electron chi connectivity index (χ3n) is 7.44. The molecule has 1 aromatic heterocycles. The maximum atomic E-state index is 15.7. The molecule has 0 radical (unpaired) electrons. The van der Waals surface area contributed by atoms with Gasteiger partial charge in [0.1, 0.15) is 22.5 Å². The van der Waals surface area contributed by atoms with Gasteiger partial charge in [0.05, 0.1) is 11.1 Å². The van der Waals surface area contributed by atoms with Crippen molar-refractivity contribution in [2.24, 2.45) is 0 Å². The summed E-state index contributed by atoms with van der Waals surface area (Å²) in [5, 5.41) is -0.178. The number of alkyl halides is 3. The lowest BCUT2D eigenvalue weighted by molar-refractivity contribution is -0.137. The molecule has 3 aliphatic rings. The fourth-order valence-electron chi connectivity index (χ4n) is 5.56. The van der Waals surface area contributed by atoms with E-state index in [9.17, 15) is 18.0 Å². The lowest BCUT2D eigenvalue weighted by atomic mass is 9.96. The zero-order valence-electron chi connectivity index (χ0n) is 21.6. The molecule has 2 saturated heterocycles. The van der Waals surface area contributed by atoms with Gasteiger partial charge in [0, 0.05) is 30.4 Å². The van der Waals surface area contributed by atoms with Crippen LogP contribution >= 0.6 is 11.6 Å². The summed E-state index contributed by atoms with van der Waals surface area (Å²) in [6.07, 6.45) is 1.03. The van der Waals surface area contributed by atoms with Crippen LogP contribution < -0.4 is 4.74 Å². The molecule has 2 aromatic rings. The highest BCUT2D eigenvalue weighted by Gasteiger charge is 2.42. The monoisotopic (exact) mass is 554 g/mol. The van der Waals surface area contributed by atoms with Crippen molar-refractivity contribution in [1.82, 2.24) is 9.88 Å². The Hall–Kier alpha value is -2.39. The zero-order valence-corrected chi connectivity index (χ0v) is 22.3. The molecule has 1 saturated carbocycles. The van der Waals surface area contributed by atoms with E-state index in [1.165, 1.54) is 0 Å². The quantitative estimate of drug-likeness (QED) is 0.277. The van der Waals surface area contributed by atoms with E-state index >= 15 is 4.39 Å². The Labute approximate surface area is 224 Å². The number of esters is 1. The van der Waals surface area contributed by atoms with Crippen LogP contribution in [0.1, 0.15) is 92.3 Å². The van der Waals surface area contributed by atoms with Gasteiger partial charge in [-0.2, -0.15) is 13.2 Å². The van der Waals surface area contributed by atoms with Gasteiger partial charge in [0.25, 0.3) is 0 Å². The molecule has 2 bridgehead atoms. The second-order valence-corrected chi connectivity index (χ2v) is 12.0. The molecule has 0 spiro atoms. The number of pyridine rings is 1. The van der Waals surface area contributed by atoms with Crippen LogP contribution in [0.25, 0.3) is 0 Å². The molecule has 3 heterocycles. The number of fused-ring (bicyclic) bond motifs is 2. The molecule has 1 aromatic carbocycles. The Bertz CT molecular complexity index is 1210. The van der Waals surface area contributed by atoms with Crippen LogP contribution in [0.2, 0.25) is 5.02 Å². The Morgan fingerprint density at radius 1 is 1.08 bits per heavy atom. The molecule has 1 aliphatic carbocycles. The minimum Gasteiger partial charge on any atom is -0.473 e. The topological polar surface area (TPSA) is 51.7 Å². The lowest BCUT2D eigenvalue weighted by Crippen LogP contribution is -2.46. The van der Waals surface area contributed by atoms with E-state index in [1.54, 1.807) is 26.8 Å². The summed E-state index contributed by atoms with van der Waals surface area (Å²) in [6.45, 7) is 5.63. The van der Waals surface area contributed by atoms with Gasteiger partial charge in [-0.25, -0.2) is 14.2 Å². The molecule has 5 nitrogen and oxygen atoms in total. The third-order valence-corrected chi connectivity index (χ3v) is 7.72. The van der Waals surface area contributed by atoms with E-state index in [2.05, 4.69) is 9.88 Å². The molecule has 2 atom stereocenters. The third kappa shape index (κ3) is 5.93. The van der Waals surface area contributed by atoms with Gasteiger partial charge < -0.3 is 9.47 Å². The molecule has 206 valence electrons. The van der Waals surface area contributed by atoms with Gasteiger partial charge >= 0.3 is 12.1 Å². The molecular formula is C28H31ClF4N2O3. The van der Waals surface area contributed by atoms with Crippen molar-refractivity contribution in [2.45, 2.75) is 102 Å². The maximum Gasteiger partial charge on any atom is 0.417 e. The second-order valence-electron chi connectivity index (χ2n) is 11.6. The number of hydrogen-bond donors (Lipinski definition) is 0. The van der Waals surface area contributed by atoms with Gasteiger partial charge in [0.15, 0.2) is 0 Å². The smallest absolute Gasteiger partial charge is 0.417 e. The summed E-state index contributed by atoms with van der Waals surface area (Å²) in [7, 11) is 0. The van der Waals surface area contributed by atoms with Gasteiger partial charge in [-0.05, 0) is 82.9 Å². The Kier molecular flexibility index (Phi) is 7.14. The molecule has 0 N–H and O–H groups in total. The number of halogens is 5. The van der Waals surface area contributed by atoms with E-state index in [0.29, 0.717) is 30.9 Å². The molecule has 3 fully saturated rings. The number of carbonyl (C=O) groups is 1. The number of benzene rings is 1. The van der Waals surface area contributed by atoms with Crippen LogP contribution in [0, 0.1) is 5.82 Å². The first-order chi connectivity index (χ1) is 17.8. The average molecular weight is 555 g/mol. The highest BCUT2D eigenvalue weighted by atomic mass is 35.5. The number of nitrogens with zero attached hydrogens (tertiary/aromatic N) is 2. The van der Waals surface area contributed by atoms with Gasteiger partial charge in [-0.15, -0.1) is 0 Å². The fraction of sp³-hybridized carbons (Fsp3) is 0.571. The molecule has 38 heavy (non-hydrogen) atoms. The molecule has 2 aliphatic heterocycles. The maximum absolute atomic E-state index is 15.7. The van der Waals surface area contributed by atoms with Crippen molar-refractivity contribution < 1.29 is 31.8 Å². The number of ether oxygens (including phenoxy) is 2. The highest BCUT2D eigenvalue weighted by Crippen LogP contribution is 2.43. The SMILES string of the molecule is CC(C)(C)OC(=O)c1cc(C2CC2)cc(CN2C3CCC2CC(Oc2ncc(C(F)(F)F)cc2Cl)C3)c1F. The summed E-state index contributed by atoms with van der Waals surface area (Å²) in [5.74, 6) is -0.869. The van der Waals surface area contributed by atoms with Crippen LogP contribution in [0.15, 0.2) is 24.4 Å². The van der Waals surface area contributed by atoms with E-state index in [4.69, 9.17) is 21.1 Å². The summed E-state index contributed by atoms with van der Waals surface area (Å²) in [6, 6.07) is 4.57. The van der Waals surface area contributed by atoms with Crippen LogP contribution in [0.3, 0.4) is 0 Å². The van der Waals surface area contributed by atoms with Crippen molar-refractivity contribution in [3.63, 3.8) is 0 Å². The first-order valence-corrected chi connectivity index (χ1v) is 13.4. The zero-order chi connectivity index (χ0) is 27.4. The van der Waals surface area contributed by atoms with Gasteiger partial charge in [-0.3, -0.25) is 4.90 Å². The van der Waals surface area contributed by atoms with Crippen LogP contribution in [0.5, 0.6) is 5.88 Å². The average Bonchev–Trinajstić information content (AvgIpc) is 3.62. The van der Waals surface area contributed by atoms with E-state index in [0.717, 1.165) is 43.5 Å². The Morgan fingerprint density at radius 2 is 1.74 bits per heavy atom. The number of piperidine rings is 1. The van der Waals surface area contributed by atoms with Crippen molar-refractivity contribution in [2.75, 3.05) is 0 Å². The van der Waals surface area contributed by atoms with E-state index in [1.807, 2.05) is 6.07 Å². The largest absolute Gasteiger partial charge is 0.473 e. The van der Waals surface area contributed by atoms with Crippen LogP contribution in [-0.2, 0) is 17.5 Å². The summed E-state index contributed by atoms with van der Waals surface area (Å²) >= 11 is 6.04. The van der Waals surface area contributed by atoms with Crippen molar-refractivity contribution in [3.05, 3.63) is 57.5 Å². The van der Waals surface area contributed by atoms with Crippen molar-refractivity contribution in [3.8, 4) is 5.88 Å². The molecule has 10 heteroatoms. The van der Waals surface area contributed by atoms with Crippen LogP contribution in [0.4, 0.5) is 17.6 Å². The Balaban J connectivity index is 1.31. The number of carbonyl (C=O) groups excluding carboxylic acids is 1. The summed E-state index contributed by atoms with van der Waals surface area (Å²) in [5.41, 5.74) is -0.223. The first-order valence-electron chi connectivity index (χ1n) is 13.0. The predicted octanol–water partition coefficient (Wildman–Crippen LogP) is 7.30. The predicted molar refractivity (Wildman–Crippen MR) is 134 cm³/mol. The minimum absolute atomic E-state index is 0.0114.